The Labute approximate surface area is 84.1 Å². The van der Waals surface area contributed by atoms with Crippen LogP contribution in [-0.2, 0) is 4.79 Å². The molecule has 1 saturated heterocycles. The van der Waals surface area contributed by atoms with Gasteiger partial charge in [-0.25, -0.2) is 0 Å². The monoisotopic (exact) mass is 195 g/mol. The topological polar surface area (TPSA) is 40.5 Å². The fourth-order valence-electron chi connectivity index (χ4n) is 2.80. The molecule has 0 amide bonds. The van der Waals surface area contributed by atoms with E-state index < -0.39 is 5.97 Å². The van der Waals surface area contributed by atoms with Crippen LogP contribution in [0.4, 0.5) is 0 Å². The molecular weight excluding hydrogens is 178 g/mol. The van der Waals surface area contributed by atoms with Gasteiger partial charge in [0.2, 0.25) is 0 Å². The van der Waals surface area contributed by atoms with Crippen molar-refractivity contribution in [2.45, 2.75) is 38.1 Å². The van der Waals surface area contributed by atoms with E-state index >= 15 is 0 Å². The first-order chi connectivity index (χ1) is 6.69. The molecule has 1 aliphatic heterocycles. The van der Waals surface area contributed by atoms with Crippen LogP contribution in [0.2, 0.25) is 0 Å². The Hall–Kier alpha value is -0.570. The molecule has 14 heavy (non-hydrogen) atoms. The first-order valence-electron chi connectivity index (χ1n) is 5.64. The summed E-state index contributed by atoms with van der Waals surface area (Å²) in [4.78, 5) is 13.2. The molecule has 0 aromatic rings. The van der Waals surface area contributed by atoms with Crippen molar-refractivity contribution < 1.29 is 9.90 Å². The lowest BCUT2D eigenvalue weighted by atomic mass is 9.92. The molecule has 3 nitrogen and oxygen atoms in total. The number of carboxylic acids is 1. The lowest BCUT2D eigenvalue weighted by molar-refractivity contribution is -0.139. The van der Waals surface area contributed by atoms with Crippen LogP contribution in [0.1, 0.15) is 32.1 Å². The van der Waals surface area contributed by atoms with Gasteiger partial charge in [0.25, 0.3) is 0 Å². The highest BCUT2D eigenvalue weighted by molar-refractivity contribution is 5.67. The molecule has 0 aromatic heterocycles. The van der Waals surface area contributed by atoms with E-state index in [9.17, 15) is 4.79 Å². The van der Waals surface area contributed by atoms with Crippen molar-refractivity contribution in [1.29, 1.82) is 0 Å². The fourth-order valence-corrected chi connectivity index (χ4v) is 2.80. The summed E-state index contributed by atoms with van der Waals surface area (Å²) in [5.74, 6) is 0.0702. The molecule has 0 bridgehead atoms. The number of carboxylic acid groups (broad SMARTS) is 1. The highest BCUT2D eigenvalue weighted by Gasteiger charge is 2.55. The molecule has 1 N–H and O–H groups in total. The summed E-state index contributed by atoms with van der Waals surface area (Å²) in [6.07, 6.45) is 5.63. The van der Waals surface area contributed by atoms with E-state index in [0.29, 0.717) is 23.8 Å². The van der Waals surface area contributed by atoms with E-state index in [1.165, 1.54) is 38.8 Å². The van der Waals surface area contributed by atoms with E-state index in [-0.39, 0.29) is 0 Å². The van der Waals surface area contributed by atoms with Crippen molar-refractivity contribution in [2.75, 3.05) is 13.1 Å². The smallest absolute Gasteiger partial charge is 0.304 e. The summed E-state index contributed by atoms with van der Waals surface area (Å²) in [7, 11) is 0. The highest BCUT2D eigenvalue weighted by Crippen LogP contribution is 2.55. The molecule has 1 atom stereocenters. The minimum atomic E-state index is -0.626. The van der Waals surface area contributed by atoms with Gasteiger partial charge >= 0.3 is 5.97 Å². The number of rotatable bonds is 4. The molecule has 1 unspecified atom stereocenters. The van der Waals surface area contributed by atoms with Gasteiger partial charge in [0, 0.05) is 19.1 Å². The standard InChI is InChI=1S/C11H17NO2/c13-10(14)5-9(8-1-2-8)12-6-11(7-12)3-4-11/h8-9H,1-7H2,(H,13,14). The third-order valence-electron chi connectivity index (χ3n) is 4.05. The molecule has 3 rings (SSSR count). The number of aliphatic carboxylic acids is 1. The SMILES string of the molecule is O=C(O)CC(C1CC1)N1CC2(CC2)C1. The lowest BCUT2D eigenvalue weighted by Crippen LogP contribution is -2.54. The van der Waals surface area contributed by atoms with Crippen LogP contribution in [0.25, 0.3) is 0 Å². The quantitative estimate of drug-likeness (QED) is 0.735. The molecule has 3 heteroatoms. The Morgan fingerprint density at radius 3 is 2.50 bits per heavy atom. The Balaban J connectivity index is 1.58. The van der Waals surface area contributed by atoms with Crippen molar-refractivity contribution in [1.82, 2.24) is 4.90 Å². The Morgan fingerprint density at radius 2 is 2.07 bits per heavy atom. The summed E-state index contributed by atoms with van der Waals surface area (Å²) in [5.41, 5.74) is 0.658. The van der Waals surface area contributed by atoms with Crippen LogP contribution in [0, 0.1) is 11.3 Å². The van der Waals surface area contributed by atoms with Gasteiger partial charge in [-0.05, 0) is 37.0 Å². The van der Waals surface area contributed by atoms with E-state index in [0.717, 1.165) is 0 Å². The zero-order chi connectivity index (χ0) is 9.76. The summed E-state index contributed by atoms with van der Waals surface area (Å²) < 4.78 is 0. The molecule has 1 spiro atoms. The van der Waals surface area contributed by atoms with Crippen LogP contribution >= 0.6 is 0 Å². The maximum Gasteiger partial charge on any atom is 0.304 e. The third kappa shape index (κ3) is 1.44. The first-order valence-corrected chi connectivity index (χ1v) is 5.64. The minimum Gasteiger partial charge on any atom is -0.481 e. The van der Waals surface area contributed by atoms with Crippen molar-refractivity contribution in [3.63, 3.8) is 0 Å². The molecule has 3 aliphatic rings. The maximum atomic E-state index is 10.7. The molecule has 0 aromatic carbocycles. The van der Waals surface area contributed by atoms with E-state index in [1.54, 1.807) is 0 Å². The first kappa shape index (κ1) is 8.72. The second-order valence-corrected chi connectivity index (χ2v) is 5.41. The van der Waals surface area contributed by atoms with Gasteiger partial charge in [0.1, 0.15) is 0 Å². The van der Waals surface area contributed by atoms with Crippen molar-refractivity contribution in [3.05, 3.63) is 0 Å². The van der Waals surface area contributed by atoms with Crippen LogP contribution in [-0.4, -0.2) is 35.1 Å². The second-order valence-electron chi connectivity index (χ2n) is 5.41. The number of hydrogen-bond donors (Lipinski definition) is 1. The van der Waals surface area contributed by atoms with Gasteiger partial charge in [0.05, 0.1) is 6.42 Å². The van der Waals surface area contributed by atoms with Crippen molar-refractivity contribution in [3.8, 4) is 0 Å². The summed E-state index contributed by atoms with van der Waals surface area (Å²) in [5, 5.41) is 8.85. The molecule has 2 aliphatic carbocycles. The number of carbonyl (C=O) groups is 1. The molecular formula is C11H17NO2. The van der Waals surface area contributed by atoms with Gasteiger partial charge in [0.15, 0.2) is 0 Å². The van der Waals surface area contributed by atoms with Gasteiger partial charge < -0.3 is 5.11 Å². The van der Waals surface area contributed by atoms with E-state index in [1.807, 2.05) is 0 Å². The van der Waals surface area contributed by atoms with Crippen molar-refractivity contribution in [2.24, 2.45) is 11.3 Å². The van der Waals surface area contributed by atoms with E-state index in [2.05, 4.69) is 4.90 Å². The molecule has 3 fully saturated rings. The normalized spacial score (nSPS) is 31.1. The van der Waals surface area contributed by atoms with Gasteiger partial charge in [-0.1, -0.05) is 0 Å². The second kappa shape index (κ2) is 2.72. The maximum absolute atomic E-state index is 10.7. The van der Waals surface area contributed by atoms with Gasteiger partial charge in [-0.2, -0.15) is 0 Å². The fraction of sp³-hybridized carbons (Fsp3) is 0.909. The summed E-state index contributed by atoms with van der Waals surface area (Å²) in [6.45, 7) is 2.36. The zero-order valence-corrected chi connectivity index (χ0v) is 8.41. The van der Waals surface area contributed by atoms with Gasteiger partial charge in [-0.3, -0.25) is 9.69 Å². The van der Waals surface area contributed by atoms with E-state index in [4.69, 9.17) is 5.11 Å². The third-order valence-corrected chi connectivity index (χ3v) is 4.05. The zero-order valence-electron chi connectivity index (χ0n) is 8.41. The predicted molar refractivity (Wildman–Crippen MR) is 52.0 cm³/mol. The Bertz CT molecular complexity index is 260. The average molecular weight is 195 g/mol. The lowest BCUT2D eigenvalue weighted by Gasteiger charge is -2.45. The Morgan fingerprint density at radius 1 is 1.43 bits per heavy atom. The number of nitrogens with zero attached hydrogens (tertiary/aromatic N) is 1. The average Bonchev–Trinajstić information content (AvgIpc) is 2.91. The van der Waals surface area contributed by atoms with Crippen LogP contribution in [0.5, 0.6) is 0 Å². The predicted octanol–water partition coefficient (Wildman–Crippen LogP) is 1.34. The van der Waals surface area contributed by atoms with Gasteiger partial charge in [-0.15, -0.1) is 0 Å². The highest BCUT2D eigenvalue weighted by atomic mass is 16.4. The summed E-state index contributed by atoms with van der Waals surface area (Å²) in [6, 6.07) is 0.360. The van der Waals surface area contributed by atoms with Crippen LogP contribution in [0.3, 0.4) is 0 Å². The minimum absolute atomic E-state index is 0.360. The molecule has 2 saturated carbocycles. The Kier molecular flexibility index (Phi) is 1.69. The number of hydrogen-bond acceptors (Lipinski definition) is 2. The summed E-state index contributed by atoms with van der Waals surface area (Å²) >= 11 is 0. The van der Waals surface area contributed by atoms with Crippen LogP contribution < -0.4 is 0 Å². The van der Waals surface area contributed by atoms with Crippen molar-refractivity contribution >= 4 is 5.97 Å². The molecule has 0 radical (unpaired) electrons. The molecule has 78 valence electrons. The molecule has 1 heterocycles. The number of likely N-dealkylation sites (tertiary alicyclic amines) is 1. The largest absolute Gasteiger partial charge is 0.481 e. The van der Waals surface area contributed by atoms with Crippen LogP contribution in [0.15, 0.2) is 0 Å².